The number of rotatable bonds is 6. The summed E-state index contributed by atoms with van der Waals surface area (Å²) in [6, 6.07) is 11.8. The Morgan fingerprint density at radius 2 is 1.83 bits per heavy atom. The second-order valence-corrected chi connectivity index (χ2v) is 9.34. The lowest BCUT2D eigenvalue weighted by Crippen LogP contribution is -2.53. The lowest BCUT2D eigenvalue weighted by atomic mass is 10.2. The number of amides is 1. The molecule has 1 amide bonds. The first-order valence-corrected chi connectivity index (χ1v) is 11.0. The van der Waals surface area contributed by atoms with Gasteiger partial charge < -0.3 is 10.2 Å². The number of sulfonamides is 1. The quantitative estimate of drug-likeness (QED) is 0.766. The van der Waals surface area contributed by atoms with Crippen molar-refractivity contribution in [2.24, 2.45) is 0 Å². The number of anilines is 2. The molecule has 1 N–H and O–H groups in total. The third-order valence-corrected chi connectivity index (χ3v) is 6.91. The van der Waals surface area contributed by atoms with Gasteiger partial charge in [0.15, 0.2) is 0 Å². The first kappa shape index (κ1) is 21.2. The minimum atomic E-state index is -3.55. The lowest BCUT2D eigenvalue weighted by Gasteiger charge is -2.37. The molecule has 1 aromatic heterocycles. The zero-order valence-corrected chi connectivity index (χ0v) is 17.8. The molecular weight excluding hydrogens is 390 g/mol. The minimum absolute atomic E-state index is 0.150. The summed E-state index contributed by atoms with van der Waals surface area (Å²) in [6.45, 7) is 4.96. The van der Waals surface area contributed by atoms with Crippen LogP contribution in [0.1, 0.15) is 6.92 Å². The van der Waals surface area contributed by atoms with Crippen LogP contribution in [-0.2, 0) is 14.8 Å². The molecule has 0 aliphatic carbocycles. The molecule has 9 heteroatoms. The molecule has 0 radical (unpaired) electrons. The molecule has 0 unspecified atom stereocenters. The molecule has 0 saturated carbocycles. The van der Waals surface area contributed by atoms with Crippen molar-refractivity contribution in [1.29, 1.82) is 0 Å². The van der Waals surface area contributed by atoms with Gasteiger partial charge in [-0.3, -0.25) is 9.69 Å². The standard InChI is InChI=1S/C20H27N5O3S/c1-16(24-11-13-25(14-12-24)19-9-4-5-10-21-19)20(26)22-17-7-6-8-18(15-17)29(27,28)23(2)3/h4-10,15-16H,11-14H2,1-3H3,(H,22,26)/t16-/m1/s1. The van der Waals surface area contributed by atoms with Gasteiger partial charge in [-0.25, -0.2) is 17.7 Å². The van der Waals surface area contributed by atoms with Crippen molar-refractivity contribution in [3.05, 3.63) is 48.7 Å². The van der Waals surface area contributed by atoms with Crippen LogP contribution in [-0.4, -0.2) is 74.8 Å². The maximum absolute atomic E-state index is 12.7. The van der Waals surface area contributed by atoms with Crippen LogP contribution in [0.25, 0.3) is 0 Å². The normalized spacial score (nSPS) is 16.6. The summed E-state index contributed by atoms with van der Waals surface area (Å²) in [7, 11) is -0.589. The molecular formula is C20H27N5O3S. The highest BCUT2D eigenvalue weighted by molar-refractivity contribution is 7.89. The van der Waals surface area contributed by atoms with Gasteiger partial charge in [0.05, 0.1) is 10.9 Å². The summed E-state index contributed by atoms with van der Waals surface area (Å²) in [5, 5.41) is 2.84. The summed E-state index contributed by atoms with van der Waals surface area (Å²) in [4.78, 5) is 21.6. The number of pyridine rings is 1. The average molecular weight is 418 g/mol. The summed E-state index contributed by atoms with van der Waals surface area (Å²) < 4.78 is 25.7. The topological polar surface area (TPSA) is 85.8 Å². The van der Waals surface area contributed by atoms with Crippen molar-refractivity contribution in [2.75, 3.05) is 50.5 Å². The van der Waals surface area contributed by atoms with E-state index in [4.69, 9.17) is 0 Å². The Labute approximate surface area is 172 Å². The van der Waals surface area contributed by atoms with Gasteiger partial charge in [-0.05, 0) is 37.3 Å². The fourth-order valence-electron chi connectivity index (χ4n) is 3.24. The van der Waals surface area contributed by atoms with E-state index >= 15 is 0 Å². The summed E-state index contributed by atoms with van der Waals surface area (Å²) in [5.41, 5.74) is 0.469. The number of hydrogen-bond acceptors (Lipinski definition) is 6. The Morgan fingerprint density at radius 1 is 1.10 bits per heavy atom. The van der Waals surface area contributed by atoms with Crippen molar-refractivity contribution >= 4 is 27.4 Å². The van der Waals surface area contributed by atoms with Crippen LogP contribution in [0.5, 0.6) is 0 Å². The van der Waals surface area contributed by atoms with E-state index in [1.165, 1.54) is 26.2 Å². The van der Waals surface area contributed by atoms with Crippen molar-refractivity contribution in [3.63, 3.8) is 0 Å². The number of nitrogens with zero attached hydrogens (tertiary/aromatic N) is 4. The van der Waals surface area contributed by atoms with Gasteiger partial charge in [0.25, 0.3) is 0 Å². The van der Waals surface area contributed by atoms with Crippen LogP contribution >= 0.6 is 0 Å². The van der Waals surface area contributed by atoms with E-state index in [2.05, 4.69) is 20.1 Å². The van der Waals surface area contributed by atoms with E-state index in [0.717, 1.165) is 36.3 Å². The number of carbonyl (C=O) groups is 1. The summed E-state index contributed by atoms with van der Waals surface area (Å²) >= 11 is 0. The second kappa shape index (κ2) is 8.89. The maximum Gasteiger partial charge on any atom is 0.242 e. The predicted molar refractivity (Wildman–Crippen MR) is 113 cm³/mol. The third kappa shape index (κ3) is 4.92. The predicted octanol–water partition coefficient (Wildman–Crippen LogP) is 1.48. The molecule has 1 aliphatic rings. The van der Waals surface area contributed by atoms with E-state index in [0.29, 0.717) is 5.69 Å². The van der Waals surface area contributed by atoms with Crippen molar-refractivity contribution in [1.82, 2.24) is 14.2 Å². The van der Waals surface area contributed by atoms with E-state index in [1.54, 1.807) is 18.3 Å². The SMILES string of the molecule is C[C@H](C(=O)Nc1cccc(S(=O)(=O)N(C)C)c1)N1CCN(c2ccccn2)CC1. The molecule has 0 spiro atoms. The fourth-order valence-corrected chi connectivity index (χ4v) is 4.18. The van der Waals surface area contributed by atoms with Gasteiger partial charge in [-0.2, -0.15) is 0 Å². The molecule has 1 aromatic carbocycles. The highest BCUT2D eigenvalue weighted by atomic mass is 32.2. The van der Waals surface area contributed by atoms with Crippen LogP contribution in [0.4, 0.5) is 11.5 Å². The molecule has 29 heavy (non-hydrogen) atoms. The summed E-state index contributed by atoms with van der Waals surface area (Å²) in [5.74, 6) is 0.791. The van der Waals surface area contributed by atoms with Gasteiger partial charge >= 0.3 is 0 Å². The molecule has 1 aliphatic heterocycles. The minimum Gasteiger partial charge on any atom is -0.354 e. The van der Waals surface area contributed by atoms with E-state index in [9.17, 15) is 13.2 Å². The number of carbonyl (C=O) groups excluding carboxylic acids is 1. The Balaban J connectivity index is 1.60. The molecule has 8 nitrogen and oxygen atoms in total. The zero-order chi connectivity index (χ0) is 21.0. The Morgan fingerprint density at radius 3 is 2.45 bits per heavy atom. The van der Waals surface area contributed by atoms with Gasteiger partial charge in [0.2, 0.25) is 15.9 Å². The highest BCUT2D eigenvalue weighted by Crippen LogP contribution is 2.19. The molecule has 2 heterocycles. The number of piperazine rings is 1. The van der Waals surface area contributed by atoms with Crippen LogP contribution in [0.15, 0.2) is 53.6 Å². The monoisotopic (exact) mass is 417 g/mol. The average Bonchev–Trinajstić information content (AvgIpc) is 2.74. The van der Waals surface area contributed by atoms with Crippen molar-refractivity contribution < 1.29 is 13.2 Å². The van der Waals surface area contributed by atoms with E-state index < -0.39 is 10.0 Å². The largest absolute Gasteiger partial charge is 0.354 e. The van der Waals surface area contributed by atoms with Crippen molar-refractivity contribution in [3.8, 4) is 0 Å². The highest BCUT2D eigenvalue weighted by Gasteiger charge is 2.26. The Kier molecular flexibility index (Phi) is 6.51. The third-order valence-electron chi connectivity index (χ3n) is 5.09. The number of aromatic nitrogens is 1. The van der Waals surface area contributed by atoms with E-state index in [1.807, 2.05) is 25.1 Å². The fraction of sp³-hybridized carbons (Fsp3) is 0.400. The van der Waals surface area contributed by atoms with Crippen LogP contribution in [0, 0.1) is 0 Å². The zero-order valence-electron chi connectivity index (χ0n) is 16.9. The smallest absolute Gasteiger partial charge is 0.242 e. The Bertz CT molecular complexity index is 942. The van der Waals surface area contributed by atoms with Gasteiger partial charge in [0, 0.05) is 52.2 Å². The second-order valence-electron chi connectivity index (χ2n) is 7.19. The van der Waals surface area contributed by atoms with Gasteiger partial charge in [0.1, 0.15) is 5.82 Å². The van der Waals surface area contributed by atoms with Crippen LogP contribution in [0.2, 0.25) is 0 Å². The molecule has 2 aromatic rings. The summed E-state index contributed by atoms with van der Waals surface area (Å²) in [6.07, 6.45) is 1.78. The van der Waals surface area contributed by atoms with Gasteiger partial charge in [-0.15, -0.1) is 0 Å². The molecule has 0 bridgehead atoms. The molecule has 1 fully saturated rings. The van der Waals surface area contributed by atoms with E-state index in [-0.39, 0.29) is 16.8 Å². The molecule has 3 rings (SSSR count). The van der Waals surface area contributed by atoms with Crippen molar-refractivity contribution in [2.45, 2.75) is 17.9 Å². The number of hydrogen-bond donors (Lipinski definition) is 1. The number of nitrogens with one attached hydrogen (secondary N) is 1. The van der Waals surface area contributed by atoms with Crippen LogP contribution in [0.3, 0.4) is 0 Å². The molecule has 156 valence electrons. The molecule has 1 saturated heterocycles. The Hall–Kier alpha value is -2.49. The maximum atomic E-state index is 12.7. The number of benzene rings is 1. The lowest BCUT2D eigenvalue weighted by molar-refractivity contribution is -0.120. The molecule has 1 atom stereocenters. The van der Waals surface area contributed by atoms with Crippen LogP contribution < -0.4 is 10.2 Å². The first-order chi connectivity index (χ1) is 13.8. The van der Waals surface area contributed by atoms with Gasteiger partial charge in [-0.1, -0.05) is 12.1 Å². The first-order valence-electron chi connectivity index (χ1n) is 9.52.